The lowest BCUT2D eigenvalue weighted by atomic mass is 10.1. The van der Waals surface area contributed by atoms with E-state index in [-0.39, 0.29) is 5.91 Å². The normalized spacial score (nSPS) is 11.3. The van der Waals surface area contributed by atoms with Crippen molar-refractivity contribution in [2.75, 3.05) is 5.32 Å². The molecule has 120 valence electrons. The van der Waals surface area contributed by atoms with Gasteiger partial charge in [-0.1, -0.05) is 31.3 Å². The van der Waals surface area contributed by atoms with Gasteiger partial charge in [-0.15, -0.1) is 10.2 Å². The molecule has 0 radical (unpaired) electrons. The lowest BCUT2D eigenvalue weighted by Crippen LogP contribution is -2.15. The molecular weight excluding hydrogens is 310 g/mol. The summed E-state index contributed by atoms with van der Waals surface area (Å²) in [6.45, 7) is 8.07. The Morgan fingerprint density at radius 3 is 2.87 bits per heavy atom. The molecule has 3 rings (SSSR count). The standard InChI is InChI=1S/C16H19N5OS/c1-9(2)8-12-19-20-16(23-12)18-15(22)13-11(4)17-14-10(3)6-5-7-21(13)14/h5-7,9H,8H2,1-4H3,(H,18,20,22). The van der Waals surface area contributed by atoms with Gasteiger partial charge in [-0.2, -0.15) is 0 Å². The van der Waals surface area contributed by atoms with Crippen LogP contribution in [0.15, 0.2) is 18.3 Å². The monoisotopic (exact) mass is 329 g/mol. The topological polar surface area (TPSA) is 72.2 Å². The second-order valence-corrected chi connectivity index (χ2v) is 7.05. The van der Waals surface area contributed by atoms with E-state index in [0.29, 0.717) is 22.4 Å². The first kappa shape index (κ1) is 15.6. The van der Waals surface area contributed by atoms with Crippen molar-refractivity contribution < 1.29 is 4.79 Å². The predicted molar refractivity (Wildman–Crippen MR) is 91.1 cm³/mol. The average Bonchev–Trinajstić information content (AvgIpc) is 3.02. The quantitative estimate of drug-likeness (QED) is 0.797. The number of fused-ring (bicyclic) bond motifs is 1. The van der Waals surface area contributed by atoms with Crippen molar-refractivity contribution in [3.05, 3.63) is 40.3 Å². The van der Waals surface area contributed by atoms with E-state index in [1.165, 1.54) is 11.3 Å². The van der Waals surface area contributed by atoms with E-state index in [0.717, 1.165) is 22.6 Å². The molecule has 0 aromatic carbocycles. The minimum Gasteiger partial charge on any atom is -0.295 e. The van der Waals surface area contributed by atoms with Gasteiger partial charge in [-0.25, -0.2) is 4.98 Å². The number of hydrogen-bond acceptors (Lipinski definition) is 5. The molecule has 0 atom stereocenters. The van der Waals surface area contributed by atoms with Crippen molar-refractivity contribution in [2.45, 2.75) is 34.1 Å². The second kappa shape index (κ2) is 6.08. The molecule has 1 N–H and O–H groups in total. The van der Waals surface area contributed by atoms with Gasteiger partial charge in [0.05, 0.1) is 5.69 Å². The Hall–Kier alpha value is -2.28. The molecule has 1 amide bonds. The molecule has 0 aliphatic rings. The van der Waals surface area contributed by atoms with Crippen LogP contribution in [-0.2, 0) is 6.42 Å². The maximum atomic E-state index is 12.6. The molecule has 7 heteroatoms. The van der Waals surface area contributed by atoms with Crippen LogP contribution in [0.3, 0.4) is 0 Å². The molecule has 0 saturated carbocycles. The van der Waals surface area contributed by atoms with Crippen molar-refractivity contribution in [3.63, 3.8) is 0 Å². The van der Waals surface area contributed by atoms with Crippen LogP contribution in [0.25, 0.3) is 5.65 Å². The fourth-order valence-corrected chi connectivity index (χ4v) is 3.43. The third-order valence-electron chi connectivity index (χ3n) is 3.50. The molecule has 0 bridgehead atoms. The molecule has 0 spiro atoms. The number of pyridine rings is 1. The van der Waals surface area contributed by atoms with Crippen LogP contribution in [0.2, 0.25) is 0 Å². The van der Waals surface area contributed by atoms with Crippen LogP contribution in [0.1, 0.15) is 40.6 Å². The highest BCUT2D eigenvalue weighted by atomic mass is 32.1. The number of carbonyl (C=O) groups excluding carboxylic acids is 1. The first-order valence-corrected chi connectivity index (χ1v) is 8.35. The highest BCUT2D eigenvalue weighted by Gasteiger charge is 2.19. The van der Waals surface area contributed by atoms with Crippen LogP contribution in [0.5, 0.6) is 0 Å². The lowest BCUT2D eigenvalue weighted by Gasteiger charge is -2.03. The van der Waals surface area contributed by atoms with Crippen LogP contribution in [0, 0.1) is 19.8 Å². The molecule has 0 aliphatic carbocycles. The highest BCUT2D eigenvalue weighted by Crippen LogP contribution is 2.21. The zero-order valence-corrected chi connectivity index (χ0v) is 14.4. The number of rotatable bonds is 4. The molecule has 3 heterocycles. The van der Waals surface area contributed by atoms with Gasteiger partial charge < -0.3 is 0 Å². The summed E-state index contributed by atoms with van der Waals surface area (Å²) in [4.78, 5) is 17.1. The molecular formula is C16H19N5OS. The molecule has 0 saturated heterocycles. The minimum absolute atomic E-state index is 0.215. The van der Waals surface area contributed by atoms with Gasteiger partial charge in [-0.3, -0.25) is 14.5 Å². The zero-order valence-electron chi connectivity index (χ0n) is 13.6. The summed E-state index contributed by atoms with van der Waals surface area (Å²) < 4.78 is 1.82. The Kier molecular flexibility index (Phi) is 4.12. The van der Waals surface area contributed by atoms with Gasteiger partial charge in [0.1, 0.15) is 16.3 Å². The Morgan fingerprint density at radius 2 is 2.13 bits per heavy atom. The summed E-state index contributed by atoms with van der Waals surface area (Å²) in [7, 11) is 0. The van der Waals surface area contributed by atoms with Crippen molar-refractivity contribution >= 4 is 28.0 Å². The van der Waals surface area contributed by atoms with E-state index in [1.54, 1.807) is 0 Å². The van der Waals surface area contributed by atoms with E-state index < -0.39 is 0 Å². The average molecular weight is 329 g/mol. The summed E-state index contributed by atoms with van der Waals surface area (Å²) in [6.07, 6.45) is 2.71. The minimum atomic E-state index is -0.215. The SMILES string of the molecule is Cc1nc2c(C)cccn2c1C(=O)Nc1nnc(CC(C)C)s1. The van der Waals surface area contributed by atoms with E-state index in [2.05, 4.69) is 34.3 Å². The molecule has 3 aromatic heterocycles. The summed E-state index contributed by atoms with van der Waals surface area (Å²) >= 11 is 1.42. The maximum Gasteiger partial charge on any atom is 0.276 e. The fourth-order valence-electron chi connectivity index (χ4n) is 2.48. The second-order valence-electron chi connectivity index (χ2n) is 5.98. The van der Waals surface area contributed by atoms with Crippen molar-refractivity contribution in [2.24, 2.45) is 5.92 Å². The number of aryl methyl sites for hydroxylation is 2. The van der Waals surface area contributed by atoms with Gasteiger partial charge in [0, 0.05) is 12.6 Å². The smallest absolute Gasteiger partial charge is 0.276 e. The Labute approximate surface area is 138 Å². The van der Waals surface area contributed by atoms with Crippen LogP contribution < -0.4 is 5.32 Å². The lowest BCUT2D eigenvalue weighted by molar-refractivity contribution is 0.102. The number of hydrogen-bond donors (Lipinski definition) is 1. The number of anilines is 1. The predicted octanol–water partition coefficient (Wildman–Crippen LogP) is 3.25. The number of imidazole rings is 1. The molecule has 3 aromatic rings. The first-order valence-electron chi connectivity index (χ1n) is 7.53. The zero-order chi connectivity index (χ0) is 16.6. The van der Waals surface area contributed by atoms with Gasteiger partial charge >= 0.3 is 0 Å². The largest absolute Gasteiger partial charge is 0.295 e. The Bertz CT molecular complexity index is 865. The third-order valence-corrected chi connectivity index (χ3v) is 4.37. The van der Waals surface area contributed by atoms with Crippen molar-refractivity contribution in [1.29, 1.82) is 0 Å². The van der Waals surface area contributed by atoms with Crippen molar-refractivity contribution in [3.8, 4) is 0 Å². The molecule has 0 aliphatic heterocycles. The third kappa shape index (κ3) is 3.10. The van der Waals surface area contributed by atoms with Crippen molar-refractivity contribution in [1.82, 2.24) is 19.6 Å². The number of aromatic nitrogens is 4. The molecule has 23 heavy (non-hydrogen) atoms. The Morgan fingerprint density at radius 1 is 1.35 bits per heavy atom. The molecule has 0 unspecified atom stereocenters. The fraction of sp³-hybridized carbons (Fsp3) is 0.375. The van der Waals surface area contributed by atoms with E-state index >= 15 is 0 Å². The summed E-state index contributed by atoms with van der Waals surface area (Å²) in [6, 6.07) is 3.89. The van der Waals surface area contributed by atoms with E-state index in [1.807, 2.05) is 36.6 Å². The molecule has 0 fully saturated rings. The van der Waals surface area contributed by atoms with Crippen LogP contribution in [-0.4, -0.2) is 25.5 Å². The highest BCUT2D eigenvalue weighted by molar-refractivity contribution is 7.15. The van der Waals surface area contributed by atoms with Gasteiger partial charge in [0.15, 0.2) is 0 Å². The first-order chi connectivity index (χ1) is 11.0. The number of amides is 1. The van der Waals surface area contributed by atoms with E-state index in [4.69, 9.17) is 0 Å². The van der Waals surface area contributed by atoms with Gasteiger partial charge in [-0.05, 0) is 31.4 Å². The van der Waals surface area contributed by atoms with Crippen LogP contribution >= 0.6 is 11.3 Å². The summed E-state index contributed by atoms with van der Waals surface area (Å²) in [5, 5.41) is 12.5. The molecule has 6 nitrogen and oxygen atoms in total. The van der Waals surface area contributed by atoms with Gasteiger partial charge in [0.25, 0.3) is 5.91 Å². The number of nitrogens with zero attached hydrogens (tertiary/aromatic N) is 4. The maximum absolute atomic E-state index is 12.6. The summed E-state index contributed by atoms with van der Waals surface area (Å²) in [5.41, 5.74) is 3.06. The van der Waals surface area contributed by atoms with E-state index in [9.17, 15) is 4.79 Å². The number of carbonyl (C=O) groups is 1. The Balaban J connectivity index is 1.88. The summed E-state index contributed by atoms with van der Waals surface area (Å²) in [5.74, 6) is 0.295. The van der Waals surface area contributed by atoms with Crippen LogP contribution in [0.4, 0.5) is 5.13 Å². The number of nitrogens with one attached hydrogen (secondary N) is 1. The van der Waals surface area contributed by atoms with Gasteiger partial charge in [0.2, 0.25) is 5.13 Å².